The van der Waals surface area contributed by atoms with E-state index in [1.165, 1.54) is 0 Å². The van der Waals surface area contributed by atoms with Crippen molar-refractivity contribution >= 4 is 20.1 Å². The molecule has 0 saturated heterocycles. The van der Waals surface area contributed by atoms with Crippen molar-refractivity contribution in [2.24, 2.45) is 0 Å². The normalized spacial score (nSPS) is 13.5. The van der Waals surface area contributed by atoms with Crippen molar-refractivity contribution in [2.75, 3.05) is 13.2 Å². The van der Waals surface area contributed by atoms with Crippen LogP contribution in [-0.2, 0) is 24.3 Å². The summed E-state index contributed by atoms with van der Waals surface area (Å²) in [5, 5.41) is 11.8. The average molecular weight is 483 g/mol. The highest BCUT2D eigenvalue weighted by Crippen LogP contribution is 2.27. The zero-order chi connectivity index (χ0) is 23.0. The lowest BCUT2D eigenvalue weighted by molar-refractivity contribution is -0.708. The second kappa shape index (κ2) is 8.46. The standard InChI is InChI=1S/C14H8F7NO6S2/c15-6-1-2-8(7(16)5-6)29(24,25)22(23)3-4-28-30(26,27)14-12(20)10(18)9(17)11(19)13(14)21/h1-2,5,22H,3-4H2. The molecule has 2 aromatic rings. The number of rotatable bonds is 7. The van der Waals surface area contributed by atoms with E-state index in [9.17, 15) is 52.8 Å². The van der Waals surface area contributed by atoms with Crippen LogP contribution in [0.15, 0.2) is 28.0 Å². The molecule has 1 atom stereocenters. The minimum Gasteiger partial charge on any atom is -0.618 e. The summed E-state index contributed by atoms with van der Waals surface area (Å²) >= 11 is 0. The first-order valence-electron chi connectivity index (χ1n) is 7.35. The van der Waals surface area contributed by atoms with E-state index in [0.29, 0.717) is 12.1 Å². The first kappa shape index (κ1) is 24.0. The quantitative estimate of drug-likeness (QED) is 0.208. The van der Waals surface area contributed by atoms with E-state index in [1.807, 2.05) is 0 Å². The number of hydroxylamine groups is 1. The molecule has 16 heteroatoms. The van der Waals surface area contributed by atoms with Crippen molar-refractivity contribution in [1.82, 2.24) is 0 Å². The first-order chi connectivity index (χ1) is 13.7. The molecule has 0 heterocycles. The first-order valence-corrected chi connectivity index (χ1v) is 10.2. The lowest BCUT2D eigenvalue weighted by atomic mass is 10.3. The topological polar surface area (TPSA) is 105 Å². The smallest absolute Gasteiger partial charge is 0.328 e. The van der Waals surface area contributed by atoms with Gasteiger partial charge in [-0.15, -0.1) is 0 Å². The lowest BCUT2D eigenvalue weighted by Gasteiger charge is -2.21. The van der Waals surface area contributed by atoms with Crippen LogP contribution in [0.4, 0.5) is 30.7 Å². The van der Waals surface area contributed by atoms with Gasteiger partial charge in [-0.2, -0.15) is 16.8 Å². The number of nitrogens with one attached hydrogen (secondary N) is 1. The Morgan fingerprint density at radius 2 is 1.33 bits per heavy atom. The van der Waals surface area contributed by atoms with Crippen molar-refractivity contribution in [1.29, 1.82) is 0 Å². The minimum absolute atomic E-state index is 0.157. The molecule has 2 rings (SSSR count). The Kier molecular flexibility index (Phi) is 6.77. The molecular formula is C14H8F7NO6S2. The fraction of sp³-hybridized carbons (Fsp3) is 0.143. The van der Waals surface area contributed by atoms with Gasteiger partial charge in [-0.3, -0.25) is 8.65 Å². The Morgan fingerprint density at radius 1 is 0.833 bits per heavy atom. The number of hydrogen-bond acceptors (Lipinski definition) is 6. The molecule has 1 unspecified atom stereocenters. The molecule has 30 heavy (non-hydrogen) atoms. The second-order valence-corrected chi connectivity index (χ2v) is 8.83. The SMILES string of the molecule is O=S(=O)(OCC[NH+]([O-])S(=O)(=O)c1ccc(F)cc1F)c1c(F)c(F)c(F)c(F)c1F. The van der Waals surface area contributed by atoms with Crippen LogP contribution < -0.4 is 4.47 Å². The summed E-state index contributed by atoms with van der Waals surface area (Å²) in [6.07, 6.45) is 0. The van der Waals surface area contributed by atoms with Crippen LogP contribution in [0.1, 0.15) is 0 Å². The van der Waals surface area contributed by atoms with Gasteiger partial charge in [-0.1, -0.05) is 0 Å². The van der Waals surface area contributed by atoms with E-state index >= 15 is 0 Å². The van der Waals surface area contributed by atoms with Crippen molar-refractivity contribution in [2.45, 2.75) is 9.79 Å². The van der Waals surface area contributed by atoms with Crippen LogP contribution in [0.3, 0.4) is 0 Å². The molecule has 1 N–H and O–H groups in total. The fourth-order valence-corrected chi connectivity index (χ4v) is 4.25. The van der Waals surface area contributed by atoms with Crippen molar-refractivity contribution < 1.29 is 56.2 Å². The molecule has 0 spiro atoms. The van der Waals surface area contributed by atoms with E-state index < -0.39 is 88.3 Å². The monoisotopic (exact) mass is 483 g/mol. The summed E-state index contributed by atoms with van der Waals surface area (Å²) in [5.74, 6) is -16.1. The van der Waals surface area contributed by atoms with Crippen LogP contribution in [0.25, 0.3) is 0 Å². The highest BCUT2D eigenvalue weighted by Gasteiger charge is 2.35. The van der Waals surface area contributed by atoms with Crippen LogP contribution in [0, 0.1) is 45.9 Å². The predicted octanol–water partition coefficient (Wildman–Crippen LogP) is 1.14. The van der Waals surface area contributed by atoms with Crippen LogP contribution in [0.5, 0.6) is 0 Å². The molecular weight excluding hydrogens is 475 g/mol. The Balaban J connectivity index is 2.22. The Bertz CT molecular complexity index is 1170. The molecule has 0 aromatic heterocycles. The van der Waals surface area contributed by atoms with E-state index in [4.69, 9.17) is 0 Å². The summed E-state index contributed by atoms with van der Waals surface area (Å²) in [7, 11) is -10.7. The molecule has 0 fully saturated rings. The lowest BCUT2D eigenvalue weighted by Crippen LogP contribution is -3.09. The molecule has 0 radical (unpaired) electrons. The molecule has 2 aromatic carbocycles. The maximum Gasteiger partial charge on any atom is 0.328 e. The molecule has 7 nitrogen and oxygen atoms in total. The van der Waals surface area contributed by atoms with Gasteiger partial charge in [0.25, 0.3) is 0 Å². The number of hydrogen-bond donors (Lipinski definition) is 1. The third-order valence-corrected chi connectivity index (χ3v) is 6.50. The maximum atomic E-state index is 13.6. The highest BCUT2D eigenvalue weighted by atomic mass is 32.2. The minimum atomic E-state index is -5.67. The fourth-order valence-electron chi connectivity index (χ4n) is 2.05. The third-order valence-electron chi connectivity index (χ3n) is 3.45. The van der Waals surface area contributed by atoms with Crippen LogP contribution >= 0.6 is 0 Å². The van der Waals surface area contributed by atoms with Gasteiger partial charge in [0.2, 0.25) is 5.82 Å². The van der Waals surface area contributed by atoms with Crippen LogP contribution in [-0.4, -0.2) is 30.0 Å². The average Bonchev–Trinajstić information content (AvgIpc) is 2.64. The van der Waals surface area contributed by atoms with Gasteiger partial charge in [0.1, 0.15) is 24.8 Å². The Hall–Kier alpha value is -2.27. The van der Waals surface area contributed by atoms with Crippen molar-refractivity contribution in [3.05, 3.63) is 64.1 Å². The highest BCUT2D eigenvalue weighted by molar-refractivity contribution is 7.86. The molecule has 0 aliphatic rings. The van der Waals surface area contributed by atoms with Gasteiger partial charge in [-0.05, 0) is 12.1 Å². The van der Waals surface area contributed by atoms with Crippen LogP contribution in [0.2, 0.25) is 0 Å². The summed E-state index contributed by atoms with van der Waals surface area (Å²) < 4.78 is 142. The van der Waals surface area contributed by atoms with Crippen molar-refractivity contribution in [3.63, 3.8) is 0 Å². The van der Waals surface area contributed by atoms with E-state index in [0.717, 1.165) is 0 Å². The van der Waals surface area contributed by atoms with Gasteiger partial charge in [0, 0.05) is 6.07 Å². The maximum absolute atomic E-state index is 13.6. The molecule has 0 amide bonds. The summed E-state index contributed by atoms with van der Waals surface area (Å²) in [5.41, 5.74) is 0. The number of halogens is 7. The van der Waals surface area contributed by atoms with Gasteiger partial charge in [0.05, 0.1) is 0 Å². The molecule has 0 bridgehead atoms. The Labute approximate surface area is 164 Å². The van der Waals surface area contributed by atoms with E-state index in [1.54, 1.807) is 0 Å². The van der Waals surface area contributed by atoms with E-state index in [2.05, 4.69) is 4.18 Å². The molecule has 0 aliphatic carbocycles. The number of benzene rings is 2. The predicted molar refractivity (Wildman–Crippen MR) is 82.1 cm³/mol. The van der Waals surface area contributed by atoms with E-state index in [-0.39, 0.29) is 6.07 Å². The molecule has 0 saturated carbocycles. The summed E-state index contributed by atoms with van der Waals surface area (Å²) in [4.78, 5) is -3.59. The summed E-state index contributed by atoms with van der Waals surface area (Å²) in [6, 6.07) is 1.10. The van der Waals surface area contributed by atoms with Gasteiger partial charge >= 0.3 is 20.1 Å². The van der Waals surface area contributed by atoms with Gasteiger partial charge in [0.15, 0.2) is 33.1 Å². The summed E-state index contributed by atoms with van der Waals surface area (Å²) in [6.45, 7) is -2.74. The number of quaternary nitrogens is 1. The zero-order valence-electron chi connectivity index (χ0n) is 14.1. The number of sulfonamides is 1. The van der Waals surface area contributed by atoms with Gasteiger partial charge in [-0.25, -0.2) is 30.7 Å². The second-order valence-electron chi connectivity index (χ2n) is 5.38. The molecule has 0 aliphatic heterocycles. The van der Waals surface area contributed by atoms with Crippen molar-refractivity contribution in [3.8, 4) is 0 Å². The molecule has 166 valence electrons. The third kappa shape index (κ3) is 4.41. The Morgan fingerprint density at radius 3 is 1.83 bits per heavy atom. The largest absolute Gasteiger partial charge is 0.618 e. The zero-order valence-corrected chi connectivity index (χ0v) is 15.7. The van der Waals surface area contributed by atoms with Gasteiger partial charge < -0.3 is 5.21 Å².